The number of thiophene rings is 1. The van der Waals surface area contributed by atoms with E-state index in [2.05, 4.69) is 42.7 Å². The molecule has 0 aliphatic heterocycles. The van der Waals surface area contributed by atoms with E-state index in [-0.39, 0.29) is 0 Å². The van der Waals surface area contributed by atoms with Crippen LogP contribution in [0.5, 0.6) is 0 Å². The van der Waals surface area contributed by atoms with Gasteiger partial charge in [-0.3, -0.25) is 0 Å². The summed E-state index contributed by atoms with van der Waals surface area (Å²) < 4.78 is 0. The summed E-state index contributed by atoms with van der Waals surface area (Å²) in [6.45, 7) is 4.36. The van der Waals surface area contributed by atoms with Gasteiger partial charge >= 0.3 is 0 Å². The maximum Gasteiger partial charge on any atom is 0.00463 e. The lowest BCUT2D eigenvalue weighted by atomic mass is 10.1. The molecule has 0 fully saturated rings. The lowest BCUT2D eigenvalue weighted by Gasteiger charge is -1.99. The number of hydrogen-bond donors (Lipinski definition) is 1. The van der Waals surface area contributed by atoms with Crippen LogP contribution in [0.4, 0.5) is 0 Å². The molecule has 1 N–H and O–H groups in total. The first kappa shape index (κ1) is 9.53. The van der Waals surface area contributed by atoms with Gasteiger partial charge in [-0.15, -0.1) is 11.3 Å². The minimum atomic E-state index is 1.15. The van der Waals surface area contributed by atoms with Crippen molar-refractivity contribution >= 4 is 11.3 Å². The average Bonchev–Trinajstić information content (AvgIpc) is 2.72. The summed E-state index contributed by atoms with van der Waals surface area (Å²) in [7, 11) is 0. The Morgan fingerprint density at radius 2 is 1.93 bits per heavy atom. The van der Waals surface area contributed by atoms with Gasteiger partial charge in [-0.25, -0.2) is 0 Å². The van der Waals surface area contributed by atoms with E-state index in [1.54, 1.807) is 0 Å². The Morgan fingerprint density at radius 1 is 1.14 bits per heavy atom. The smallest absolute Gasteiger partial charge is 0.00463 e. The lowest BCUT2D eigenvalue weighted by molar-refractivity contribution is 0.951. The summed E-state index contributed by atoms with van der Waals surface area (Å²) >= 11 is 1.84. The van der Waals surface area contributed by atoms with Crippen LogP contribution in [0.3, 0.4) is 0 Å². The number of aromatic nitrogens is 1. The van der Waals surface area contributed by atoms with Crippen molar-refractivity contribution in [1.29, 1.82) is 0 Å². The maximum absolute atomic E-state index is 3.15. The average molecular weight is 205 g/mol. The number of H-pyrrole nitrogens is 1. The Kier molecular flexibility index (Phi) is 2.73. The summed E-state index contributed by atoms with van der Waals surface area (Å²) in [5.74, 6) is 0. The Hall–Kier alpha value is -1.02. The van der Waals surface area contributed by atoms with Gasteiger partial charge in [0.15, 0.2) is 0 Å². The SMILES string of the molecule is Cc1c[nH]cc1CCc1ccsc1C. The zero-order valence-electron chi connectivity index (χ0n) is 8.63. The predicted octanol–water partition coefficient (Wildman–Crippen LogP) is 3.48. The highest BCUT2D eigenvalue weighted by molar-refractivity contribution is 7.10. The highest BCUT2D eigenvalue weighted by Crippen LogP contribution is 2.18. The van der Waals surface area contributed by atoms with E-state index >= 15 is 0 Å². The standard InChI is InChI=1S/C12H15NS/c1-9-7-13-8-12(9)4-3-11-5-6-14-10(11)2/h5-8,13H,3-4H2,1-2H3. The third-order valence-electron chi connectivity index (χ3n) is 2.69. The van der Waals surface area contributed by atoms with Gasteiger partial charge in [-0.1, -0.05) is 0 Å². The fraction of sp³-hybridized carbons (Fsp3) is 0.333. The molecule has 0 aromatic carbocycles. The summed E-state index contributed by atoms with van der Waals surface area (Å²) in [5, 5.41) is 2.18. The predicted molar refractivity (Wildman–Crippen MR) is 62.0 cm³/mol. The van der Waals surface area contributed by atoms with E-state index in [1.807, 2.05) is 11.3 Å². The van der Waals surface area contributed by atoms with Crippen LogP contribution in [-0.2, 0) is 12.8 Å². The molecule has 2 rings (SSSR count). The van der Waals surface area contributed by atoms with Gasteiger partial charge in [0, 0.05) is 17.3 Å². The molecule has 0 saturated carbocycles. The van der Waals surface area contributed by atoms with Crippen LogP contribution in [0, 0.1) is 13.8 Å². The van der Waals surface area contributed by atoms with Crippen LogP contribution in [-0.4, -0.2) is 4.98 Å². The molecule has 2 heterocycles. The van der Waals surface area contributed by atoms with Crippen LogP contribution in [0.2, 0.25) is 0 Å². The van der Waals surface area contributed by atoms with E-state index in [9.17, 15) is 0 Å². The molecule has 0 amide bonds. The Morgan fingerprint density at radius 3 is 2.50 bits per heavy atom. The van der Waals surface area contributed by atoms with Crippen LogP contribution in [0.1, 0.15) is 21.6 Å². The van der Waals surface area contributed by atoms with Crippen molar-refractivity contribution in [3.63, 3.8) is 0 Å². The molecule has 14 heavy (non-hydrogen) atoms. The fourth-order valence-corrected chi connectivity index (χ4v) is 2.44. The largest absolute Gasteiger partial charge is 0.367 e. The minimum absolute atomic E-state index is 1.15. The number of rotatable bonds is 3. The second-order valence-corrected chi connectivity index (χ2v) is 4.79. The van der Waals surface area contributed by atoms with Crippen LogP contribution in [0.15, 0.2) is 23.8 Å². The van der Waals surface area contributed by atoms with Crippen molar-refractivity contribution < 1.29 is 0 Å². The highest BCUT2D eigenvalue weighted by Gasteiger charge is 2.02. The second kappa shape index (κ2) is 4.01. The molecule has 74 valence electrons. The maximum atomic E-state index is 3.15. The third kappa shape index (κ3) is 1.90. The van der Waals surface area contributed by atoms with Crippen LogP contribution >= 0.6 is 11.3 Å². The van der Waals surface area contributed by atoms with Gasteiger partial charge in [0.05, 0.1) is 0 Å². The second-order valence-electron chi connectivity index (χ2n) is 3.67. The molecule has 0 aliphatic rings. The molecule has 0 aliphatic carbocycles. The van der Waals surface area contributed by atoms with Crippen molar-refractivity contribution in [3.8, 4) is 0 Å². The van der Waals surface area contributed by atoms with Crippen LogP contribution in [0.25, 0.3) is 0 Å². The van der Waals surface area contributed by atoms with Gasteiger partial charge in [0.2, 0.25) is 0 Å². The zero-order valence-corrected chi connectivity index (χ0v) is 9.45. The highest BCUT2D eigenvalue weighted by atomic mass is 32.1. The first-order valence-corrected chi connectivity index (χ1v) is 5.80. The Balaban J connectivity index is 2.02. The number of aryl methyl sites for hydroxylation is 4. The van der Waals surface area contributed by atoms with E-state index in [0.29, 0.717) is 0 Å². The first-order chi connectivity index (χ1) is 6.77. The molecule has 2 aromatic rings. The van der Waals surface area contributed by atoms with Gasteiger partial charge in [0.1, 0.15) is 0 Å². The molecule has 0 atom stereocenters. The molecule has 0 spiro atoms. The molecule has 2 heteroatoms. The Labute approximate surface area is 88.8 Å². The van der Waals surface area contributed by atoms with Gasteiger partial charge in [-0.2, -0.15) is 0 Å². The summed E-state index contributed by atoms with van der Waals surface area (Å²) in [4.78, 5) is 4.60. The summed E-state index contributed by atoms with van der Waals surface area (Å²) in [5.41, 5.74) is 4.31. The van der Waals surface area contributed by atoms with Crippen molar-refractivity contribution in [2.24, 2.45) is 0 Å². The summed E-state index contributed by atoms with van der Waals surface area (Å²) in [6, 6.07) is 2.24. The van der Waals surface area contributed by atoms with Crippen molar-refractivity contribution in [1.82, 2.24) is 4.98 Å². The van der Waals surface area contributed by atoms with E-state index in [1.165, 1.54) is 21.6 Å². The lowest BCUT2D eigenvalue weighted by Crippen LogP contribution is -1.91. The topological polar surface area (TPSA) is 15.8 Å². The third-order valence-corrected chi connectivity index (χ3v) is 3.58. The van der Waals surface area contributed by atoms with Gasteiger partial charge in [-0.05, 0) is 54.8 Å². The molecular weight excluding hydrogens is 190 g/mol. The molecular formula is C12H15NS. The molecule has 1 nitrogen and oxygen atoms in total. The molecule has 0 radical (unpaired) electrons. The van der Waals surface area contributed by atoms with Crippen molar-refractivity contribution in [2.75, 3.05) is 0 Å². The zero-order chi connectivity index (χ0) is 9.97. The quantitative estimate of drug-likeness (QED) is 0.789. The summed E-state index contributed by atoms with van der Waals surface area (Å²) in [6.07, 6.45) is 6.48. The monoisotopic (exact) mass is 205 g/mol. The number of nitrogens with one attached hydrogen (secondary N) is 1. The minimum Gasteiger partial charge on any atom is -0.367 e. The molecule has 0 saturated heterocycles. The van der Waals surface area contributed by atoms with E-state index in [0.717, 1.165) is 12.8 Å². The molecule has 0 unspecified atom stereocenters. The normalized spacial score (nSPS) is 10.7. The number of hydrogen-bond acceptors (Lipinski definition) is 1. The fourth-order valence-electron chi connectivity index (χ4n) is 1.68. The van der Waals surface area contributed by atoms with Crippen molar-refractivity contribution in [3.05, 3.63) is 45.4 Å². The van der Waals surface area contributed by atoms with E-state index in [4.69, 9.17) is 0 Å². The van der Waals surface area contributed by atoms with Crippen LogP contribution < -0.4 is 0 Å². The van der Waals surface area contributed by atoms with Gasteiger partial charge < -0.3 is 4.98 Å². The van der Waals surface area contributed by atoms with Crippen molar-refractivity contribution in [2.45, 2.75) is 26.7 Å². The molecule has 2 aromatic heterocycles. The molecule has 0 bridgehead atoms. The van der Waals surface area contributed by atoms with Gasteiger partial charge in [0.25, 0.3) is 0 Å². The van der Waals surface area contributed by atoms with E-state index < -0.39 is 0 Å². The first-order valence-electron chi connectivity index (χ1n) is 4.92. The Bertz CT molecular complexity index is 371. The number of aromatic amines is 1.